The fourth-order valence-electron chi connectivity index (χ4n) is 1.58. The van der Waals surface area contributed by atoms with E-state index in [0.717, 1.165) is 4.88 Å². The molecule has 0 fully saturated rings. The Hall–Kier alpha value is -1.72. The molecule has 0 bridgehead atoms. The molecule has 1 atom stereocenters. The number of esters is 1. The molecule has 0 N–H and O–H groups in total. The van der Waals surface area contributed by atoms with Crippen LogP contribution in [-0.2, 0) is 9.53 Å². The van der Waals surface area contributed by atoms with Crippen molar-refractivity contribution >= 4 is 40.8 Å². The van der Waals surface area contributed by atoms with E-state index < -0.39 is 5.92 Å². The predicted molar refractivity (Wildman–Crippen MR) is 81.1 cm³/mol. The average Bonchev–Trinajstić information content (AvgIpc) is 2.93. The molecule has 0 aliphatic carbocycles. The lowest BCUT2D eigenvalue weighted by Gasteiger charge is -2.09. The van der Waals surface area contributed by atoms with Gasteiger partial charge in [-0.15, -0.1) is 11.3 Å². The molecule has 104 valence electrons. The maximum Gasteiger partial charge on any atom is 0.319 e. The van der Waals surface area contributed by atoms with Crippen LogP contribution in [0.4, 0.5) is 5.69 Å². The van der Waals surface area contributed by atoms with Crippen LogP contribution in [0.15, 0.2) is 40.8 Å². The molecule has 2 rings (SSSR count). The summed E-state index contributed by atoms with van der Waals surface area (Å²) in [6.45, 7) is 2.12. The SMILES string of the molecule is CCOC(=O)C(C=Nc1ccnc(Cl)c1)c1cccs1. The van der Waals surface area contributed by atoms with E-state index in [1.807, 2.05) is 17.5 Å². The highest BCUT2D eigenvalue weighted by atomic mass is 35.5. The Labute approximate surface area is 126 Å². The number of rotatable bonds is 5. The molecule has 0 saturated carbocycles. The van der Waals surface area contributed by atoms with E-state index in [-0.39, 0.29) is 5.97 Å². The minimum Gasteiger partial charge on any atom is -0.465 e. The number of aliphatic imine (C=N–C) groups is 1. The summed E-state index contributed by atoms with van der Waals surface area (Å²) < 4.78 is 5.08. The number of pyridine rings is 1. The van der Waals surface area contributed by atoms with E-state index in [2.05, 4.69) is 9.98 Å². The smallest absolute Gasteiger partial charge is 0.319 e. The Morgan fingerprint density at radius 2 is 2.45 bits per heavy atom. The number of halogens is 1. The molecule has 2 aromatic heterocycles. The van der Waals surface area contributed by atoms with Crippen molar-refractivity contribution in [2.24, 2.45) is 4.99 Å². The molecule has 0 saturated heterocycles. The number of thiophene rings is 1. The van der Waals surface area contributed by atoms with Crippen molar-refractivity contribution in [1.82, 2.24) is 4.98 Å². The van der Waals surface area contributed by atoms with E-state index >= 15 is 0 Å². The van der Waals surface area contributed by atoms with Crippen LogP contribution >= 0.6 is 22.9 Å². The standard InChI is InChI=1S/C14H13ClN2O2S/c1-2-19-14(18)11(12-4-3-7-20-12)9-17-10-5-6-16-13(15)8-10/h3-9,11H,2H2,1H3. The van der Waals surface area contributed by atoms with Gasteiger partial charge in [0.25, 0.3) is 0 Å². The second kappa shape index (κ2) is 7.17. The van der Waals surface area contributed by atoms with Gasteiger partial charge in [-0.2, -0.15) is 0 Å². The highest BCUT2D eigenvalue weighted by molar-refractivity contribution is 7.10. The van der Waals surface area contributed by atoms with Crippen LogP contribution in [0, 0.1) is 0 Å². The molecule has 6 heteroatoms. The minimum absolute atomic E-state index is 0.307. The zero-order valence-electron chi connectivity index (χ0n) is 10.8. The van der Waals surface area contributed by atoms with Gasteiger partial charge in [0.1, 0.15) is 11.1 Å². The van der Waals surface area contributed by atoms with Crippen molar-refractivity contribution < 1.29 is 9.53 Å². The predicted octanol–water partition coefficient (Wildman–Crippen LogP) is 3.85. The van der Waals surface area contributed by atoms with Gasteiger partial charge in [-0.3, -0.25) is 9.79 Å². The fourth-order valence-corrected chi connectivity index (χ4v) is 2.53. The topological polar surface area (TPSA) is 51.5 Å². The van der Waals surface area contributed by atoms with E-state index in [4.69, 9.17) is 16.3 Å². The second-order valence-electron chi connectivity index (χ2n) is 3.86. The molecule has 0 aliphatic rings. The second-order valence-corrected chi connectivity index (χ2v) is 5.23. The van der Waals surface area contributed by atoms with Crippen LogP contribution in [0.25, 0.3) is 0 Å². The summed E-state index contributed by atoms with van der Waals surface area (Å²) in [6.07, 6.45) is 3.15. The first kappa shape index (κ1) is 14.7. The fraction of sp³-hybridized carbons (Fsp3) is 0.214. The quantitative estimate of drug-likeness (QED) is 0.479. The van der Waals surface area contributed by atoms with Gasteiger partial charge in [-0.05, 0) is 24.4 Å². The monoisotopic (exact) mass is 308 g/mol. The van der Waals surface area contributed by atoms with Gasteiger partial charge in [-0.1, -0.05) is 17.7 Å². The number of hydrogen-bond donors (Lipinski definition) is 0. The molecule has 0 aromatic carbocycles. The minimum atomic E-state index is -0.498. The van der Waals surface area contributed by atoms with E-state index in [1.54, 1.807) is 31.5 Å². The molecular weight excluding hydrogens is 296 g/mol. The molecule has 2 aromatic rings. The molecule has 2 heterocycles. The van der Waals surface area contributed by atoms with Gasteiger partial charge in [0.2, 0.25) is 0 Å². The van der Waals surface area contributed by atoms with Crippen LogP contribution in [0.5, 0.6) is 0 Å². The molecule has 0 aliphatic heterocycles. The summed E-state index contributed by atoms with van der Waals surface area (Å²) in [5.41, 5.74) is 0.649. The van der Waals surface area contributed by atoms with Gasteiger partial charge in [0.15, 0.2) is 0 Å². The number of aromatic nitrogens is 1. The maximum atomic E-state index is 12.0. The van der Waals surface area contributed by atoms with Gasteiger partial charge in [0.05, 0.1) is 12.3 Å². The van der Waals surface area contributed by atoms with Crippen molar-refractivity contribution in [3.8, 4) is 0 Å². The summed E-state index contributed by atoms with van der Waals surface area (Å²) in [5, 5.41) is 2.28. The Morgan fingerprint density at radius 1 is 1.60 bits per heavy atom. The molecule has 1 unspecified atom stereocenters. The molecule has 0 spiro atoms. The molecule has 4 nitrogen and oxygen atoms in total. The summed E-state index contributed by atoms with van der Waals surface area (Å²) in [4.78, 5) is 21.0. The lowest BCUT2D eigenvalue weighted by Crippen LogP contribution is -2.16. The molecule has 0 radical (unpaired) electrons. The third kappa shape index (κ3) is 3.88. The van der Waals surface area contributed by atoms with Crippen LogP contribution < -0.4 is 0 Å². The number of nitrogens with zero attached hydrogens (tertiary/aromatic N) is 2. The van der Waals surface area contributed by atoms with Crippen LogP contribution in [0.3, 0.4) is 0 Å². The lowest BCUT2D eigenvalue weighted by molar-refractivity contribution is -0.142. The van der Waals surface area contributed by atoms with Crippen LogP contribution in [-0.4, -0.2) is 23.8 Å². The van der Waals surface area contributed by atoms with Crippen molar-refractivity contribution in [3.05, 3.63) is 45.9 Å². The van der Waals surface area contributed by atoms with Gasteiger partial charge in [0, 0.05) is 23.4 Å². The largest absolute Gasteiger partial charge is 0.465 e. The zero-order valence-corrected chi connectivity index (χ0v) is 12.4. The van der Waals surface area contributed by atoms with Crippen LogP contribution in [0.2, 0.25) is 5.15 Å². The third-order valence-corrected chi connectivity index (χ3v) is 3.64. The first-order valence-corrected chi connectivity index (χ1v) is 7.32. The number of hydrogen-bond acceptors (Lipinski definition) is 5. The Balaban J connectivity index is 2.22. The number of carbonyl (C=O) groups excluding carboxylic acids is 1. The van der Waals surface area contributed by atoms with Gasteiger partial charge in [-0.25, -0.2) is 4.98 Å². The third-order valence-electron chi connectivity index (χ3n) is 2.47. The van der Waals surface area contributed by atoms with Gasteiger partial charge >= 0.3 is 5.97 Å². The van der Waals surface area contributed by atoms with E-state index in [1.165, 1.54) is 11.3 Å². The van der Waals surface area contributed by atoms with Gasteiger partial charge < -0.3 is 4.74 Å². The number of ether oxygens (including phenoxy) is 1. The van der Waals surface area contributed by atoms with E-state index in [9.17, 15) is 4.79 Å². The maximum absolute atomic E-state index is 12.0. The van der Waals surface area contributed by atoms with Crippen molar-refractivity contribution in [1.29, 1.82) is 0 Å². The Bertz CT molecular complexity index is 599. The zero-order chi connectivity index (χ0) is 14.4. The summed E-state index contributed by atoms with van der Waals surface area (Å²) in [7, 11) is 0. The molecule has 20 heavy (non-hydrogen) atoms. The first-order chi connectivity index (χ1) is 9.70. The van der Waals surface area contributed by atoms with Crippen molar-refractivity contribution in [2.45, 2.75) is 12.8 Å². The normalized spacial score (nSPS) is 12.5. The molecular formula is C14H13ClN2O2S. The summed E-state index contributed by atoms with van der Waals surface area (Å²) in [5.74, 6) is -0.805. The van der Waals surface area contributed by atoms with Crippen molar-refractivity contribution in [3.63, 3.8) is 0 Å². The highest BCUT2D eigenvalue weighted by Gasteiger charge is 2.20. The van der Waals surface area contributed by atoms with E-state index in [0.29, 0.717) is 17.4 Å². The molecule has 0 amide bonds. The number of carbonyl (C=O) groups is 1. The lowest BCUT2D eigenvalue weighted by atomic mass is 10.1. The Morgan fingerprint density at radius 3 is 3.10 bits per heavy atom. The van der Waals surface area contributed by atoms with Crippen LogP contribution in [0.1, 0.15) is 17.7 Å². The first-order valence-electron chi connectivity index (χ1n) is 6.06. The highest BCUT2D eigenvalue weighted by Crippen LogP contribution is 2.23. The summed E-state index contributed by atoms with van der Waals surface area (Å²) in [6, 6.07) is 7.13. The van der Waals surface area contributed by atoms with Crippen molar-refractivity contribution in [2.75, 3.05) is 6.61 Å². The average molecular weight is 309 g/mol. The Kier molecular flexibility index (Phi) is 5.26. The summed E-state index contributed by atoms with van der Waals surface area (Å²) >= 11 is 7.29.